The monoisotopic (exact) mass is 297 g/mol. The third-order valence-electron chi connectivity index (χ3n) is 2.34. The molecular weight excluding hydrogens is 282 g/mol. The lowest BCUT2D eigenvalue weighted by Crippen LogP contribution is -2.32. The van der Waals surface area contributed by atoms with E-state index in [1.807, 2.05) is 39.0 Å². The number of nitrogens with one attached hydrogen (secondary N) is 1. The molecule has 0 fully saturated rings. The number of carbonyl (C=O) groups is 1. The second kappa shape index (κ2) is 5.30. The van der Waals surface area contributed by atoms with Crippen LogP contribution < -0.4 is 10.1 Å². The number of alkyl carbamates (subject to hydrolysis) is 1. The number of carbonyl (C=O) groups excluding carboxylic acids is 1. The van der Waals surface area contributed by atoms with Crippen molar-refractivity contribution in [2.24, 2.45) is 0 Å². The van der Waals surface area contributed by atoms with Crippen molar-refractivity contribution in [2.45, 2.75) is 32.9 Å². The zero-order valence-corrected chi connectivity index (χ0v) is 12.6. The zero-order valence-electron chi connectivity index (χ0n) is 11.0. The van der Waals surface area contributed by atoms with Gasteiger partial charge < -0.3 is 10.1 Å². The fraction of sp³-hybridized carbons (Fsp3) is 0.385. The maximum absolute atomic E-state index is 11.6. The molecule has 6 heteroatoms. The first-order chi connectivity index (χ1) is 8.87. The van der Waals surface area contributed by atoms with Crippen LogP contribution in [-0.2, 0) is 11.3 Å². The van der Waals surface area contributed by atoms with Gasteiger partial charge in [-0.2, -0.15) is 0 Å². The second-order valence-corrected chi connectivity index (χ2v) is 7.22. The molecule has 1 aromatic heterocycles. The summed E-state index contributed by atoms with van der Waals surface area (Å²) in [5, 5.41) is 3.43. The normalized spacial score (nSPS) is 11.5. The summed E-state index contributed by atoms with van der Waals surface area (Å²) in [5.41, 5.74) is 0.426. The average molecular weight is 297 g/mol. The molecule has 0 aliphatic rings. The Morgan fingerprint density at radius 2 is 2.05 bits per heavy atom. The minimum atomic E-state index is -0.511. The van der Waals surface area contributed by atoms with Crippen LogP contribution in [-0.4, -0.2) is 11.7 Å². The predicted molar refractivity (Wildman–Crippen MR) is 79.0 cm³/mol. The predicted octanol–water partition coefficient (Wildman–Crippen LogP) is 3.35. The molecular formula is C13H15NO3S2. The van der Waals surface area contributed by atoms with Crippen molar-refractivity contribution in [3.63, 3.8) is 0 Å². The summed E-state index contributed by atoms with van der Waals surface area (Å²) in [6.45, 7) is 5.81. The van der Waals surface area contributed by atoms with Crippen LogP contribution in [0.2, 0.25) is 0 Å². The van der Waals surface area contributed by atoms with Crippen LogP contribution in [0.3, 0.4) is 0 Å². The number of ether oxygens (including phenoxy) is 1. The van der Waals surface area contributed by atoms with Gasteiger partial charge in [-0.1, -0.05) is 22.5 Å². The van der Waals surface area contributed by atoms with Crippen LogP contribution >= 0.6 is 20.7 Å². The zero-order chi connectivity index (χ0) is 14.0. The number of benzene rings is 1. The molecule has 19 heavy (non-hydrogen) atoms. The number of rotatable bonds is 2. The fourth-order valence-corrected chi connectivity index (χ4v) is 3.91. The van der Waals surface area contributed by atoms with E-state index >= 15 is 0 Å². The van der Waals surface area contributed by atoms with Gasteiger partial charge in [0.1, 0.15) is 5.60 Å². The van der Waals surface area contributed by atoms with E-state index in [-0.39, 0.29) is 4.74 Å². The molecule has 0 radical (unpaired) electrons. The summed E-state index contributed by atoms with van der Waals surface area (Å²) in [6, 6.07) is 5.54. The Bertz CT molecular complexity index is 652. The minimum Gasteiger partial charge on any atom is -0.444 e. The van der Waals surface area contributed by atoms with Crippen LogP contribution in [0.4, 0.5) is 4.79 Å². The molecule has 102 valence electrons. The van der Waals surface area contributed by atoms with E-state index < -0.39 is 11.7 Å². The largest absolute Gasteiger partial charge is 0.444 e. The molecule has 1 amide bonds. The van der Waals surface area contributed by atoms with Gasteiger partial charge in [-0.15, -0.1) is 0 Å². The lowest BCUT2D eigenvalue weighted by atomic mass is 10.2. The van der Waals surface area contributed by atoms with Crippen LogP contribution in [0.1, 0.15) is 26.3 Å². The Morgan fingerprint density at radius 3 is 2.74 bits per heavy atom. The van der Waals surface area contributed by atoms with Gasteiger partial charge in [0.2, 0.25) is 0 Å². The van der Waals surface area contributed by atoms with Gasteiger partial charge in [-0.3, -0.25) is 4.79 Å². The molecule has 0 bridgehead atoms. The van der Waals surface area contributed by atoms with Gasteiger partial charge in [-0.05, 0) is 42.7 Å². The SMILES string of the molecule is CC(C)(C)OC(=O)NCc1cccc2c(=O)ssc12. The van der Waals surface area contributed by atoms with Crippen LogP contribution in [0.25, 0.3) is 10.1 Å². The smallest absolute Gasteiger partial charge is 0.407 e. The Hall–Kier alpha value is -1.40. The molecule has 1 N–H and O–H groups in total. The lowest BCUT2D eigenvalue weighted by molar-refractivity contribution is 0.0524. The highest BCUT2D eigenvalue weighted by Crippen LogP contribution is 2.24. The van der Waals surface area contributed by atoms with Gasteiger partial charge in [0.05, 0.1) is 10.1 Å². The minimum absolute atomic E-state index is 0.0686. The van der Waals surface area contributed by atoms with Crippen LogP contribution in [0.5, 0.6) is 0 Å². The van der Waals surface area contributed by atoms with E-state index in [1.54, 1.807) is 0 Å². The summed E-state index contributed by atoms with van der Waals surface area (Å²) in [7, 11) is 2.66. The molecule has 0 aliphatic heterocycles. The highest BCUT2D eigenvalue weighted by atomic mass is 32.9. The molecule has 0 unspecified atom stereocenters. The standard InChI is InChI=1S/C13H15NO3S2/c1-13(2,3)17-12(16)14-7-8-5-4-6-9-10(8)18-19-11(9)15/h4-6H,7H2,1-3H3,(H,14,16). The van der Waals surface area contributed by atoms with Crippen molar-refractivity contribution < 1.29 is 9.53 Å². The number of hydrogen-bond acceptors (Lipinski definition) is 5. The van der Waals surface area contributed by atoms with E-state index in [9.17, 15) is 9.59 Å². The molecule has 1 aromatic carbocycles. The van der Waals surface area contributed by atoms with E-state index in [0.717, 1.165) is 15.6 Å². The first-order valence-electron chi connectivity index (χ1n) is 5.84. The Morgan fingerprint density at radius 1 is 1.32 bits per heavy atom. The fourth-order valence-electron chi connectivity index (χ4n) is 1.59. The topological polar surface area (TPSA) is 55.4 Å². The van der Waals surface area contributed by atoms with Crippen LogP contribution in [0, 0.1) is 0 Å². The Labute approximate surface area is 118 Å². The van der Waals surface area contributed by atoms with E-state index in [4.69, 9.17) is 4.74 Å². The third-order valence-corrected chi connectivity index (χ3v) is 4.65. The van der Waals surface area contributed by atoms with Gasteiger partial charge in [0, 0.05) is 6.54 Å². The van der Waals surface area contributed by atoms with Gasteiger partial charge in [-0.25, -0.2) is 4.79 Å². The van der Waals surface area contributed by atoms with Crippen molar-refractivity contribution in [2.75, 3.05) is 0 Å². The second-order valence-electron chi connectivity index (χ2n) is 5.10. The van der Waals surface area contributed by atoms with Crippen molar-refractivity contribution in [3.8, 4) is 0 Å². The highest BCUT2D eigenvalue weighted by molar-refractivity contribution is 7.71. The van der Waals surface area contributed by atoms with Crippen molar-refractivity contribution in [1.82, 2.24) is 5.32 Å². The maximum Gasteiger partial charge on any atom is 0.407 e. The van der Waals surface area contributed by atoms with E-state index in [1.165, 1.54) is 20.7 Å². The number of hydrogen-bond donors (Lipinski definition) is 1. The van der Waals surface area contributed by atoms with Gasteiger partial charge >= 0.3 is 6.09 Å². The van der Waals surface area contributed by atoms with Crippen molar-refractivity contribution in [1.29, 1.82) is 0 Å². The van der Waals surface area contributed by atoms with Gasteiger partial charge in [0.25, 0.3) is 4.74 Å². The molecule has 2 aromatic rings. The maximum atomic E-state index is 11.6. The lowest BCUT2D eigenvalue weighted by Gasteiger charge is -2.19. The Balaban J connectivity index is 2.10. The van der Waals surface area contributed by atoms with Crippen molar-refractivity contribution >= 4 is 36.9 Å². The van der Waals surface area contributed by atoms with E-state index in [0.29, 0.717) is 6.54 Å². The average Bonchev–Trinajstić information content (AvgIpc) is 2.67. The molecule has 0 saturated carbocycles. The number of fused-ring (bicyclic) bond motifs is 1. The van der Waals surface area contributed by atoms with Crippen molar-refractivity contribution in [3.05, 3.63) is 33.3 Å². The summed E-state index contributed by atoms with van der Waals surface area (Å²) >= 11 is 0. The highest BCUT2D eigenvalue weighted by Gasteiger charge is 2.16. The van der Waals surface area contributed by atoms with Crippen LogP contribution in [0.15, 0.2) is 23.0 Å². The number of amides is 1. The Kier molecular flexibility index (Phi) is 3.91. The molecule has 1 heterocycles. The summed E-state index contributed by atoms with van der Waals surface area (Å²) in [4.78, 5) is 23.2. The first kappa shape index (κ1) is 14.0. The molecule has 0 saturated heterocycles. The first-order valence-corrected chi connectivity index (χ1v) is 7.99. The molecule has 0 aliphatic carbocycles. The molecule has 0 atom stereocenters. The third kappa shape index (κ3) is 3.54. The summed E-state index contributed by atoms with van der Waals surface area (Å²) < 4.78 is 6.18. The van der Waals surface area contributed by atoms with E-state index in [2.05, 4.69) is 5.32 Å². The quantitative estimate of drug-likeness (QED) is 0.865. The summed E-state index contributed by atoms with van der Waals surface area (Å²) in [6.07, 6.45) is -0.452. The molecule has 4 nitrogen and oxygen atoms in total. The summed E-state index contributed by atoms with van der Waals surface area (Å²) in [5.74, 6) is 0. The molecule has 0 spiro atoms. The van der Waals surface area contributed by atoms with Gasteiger partial charge in [0.15, 0.2) is 0 Å². The molecule has 2 rings (SSSR count).